The lowest BCUT2D eigenvalue weighted by Gasteiger charge is -2.16. The lowest BCUT2D eigenvalue weighted by Crippen LogP contribution is -2.30. The van der Waals surface area contributed by atoms with E-state index in [1.807, 2.05) is 0 Å². The minimum Gasteiger partial charge on any atom is -0.503 e. The number of benzene rings is 1. The van der Waals surface area contributed by atoms with Gasteiger partial charge in [-0.15, -0.1) is 0 Å². The van der Waals surface area contributed by atoms with Gasteiger partial charge in [-0.05, 0) is 30.5 Å². The number of amides is 1. The molecule has 1 aliphatic rings. The first-order chi connectivity index (χ1) is 14.4. The molecule has 0 atom stereocenters. The van der Waals surface area contributed by atoms with Crippen molar-refractivity contribution in [2.45, 2.75) is 44.9 Å². The number of carbonyl (C=O) groups is 2. The van der Waals surface area contributed by atoms with Crippen LogP contribution in [0, 0.1) is 11.6 Å². The first-order valence-electron chi connectivity index (χ1n) is 9.66. The lowest BCUT2D eigenvalue weighted by atomic mass is 10.1. The van der Waals surface area contributed by atoms with Gasteiger partial charge in [0.25, 0.3) is 5.91 Å². The van der Waals surface area contributed by atoms with E-state index in [2.05, 4.69) is 5.32 Å². The van der Waals surface area contributed by atoms with E-state index in [0.717, 1.165) is 37.8 Å². The number of aromatic hydroxyl groups is 1. The van der Waals surface area contributed by atoms with E-state index < -0.39 is 28.7 Å². The Morgan fingerprint density at radius 3 is 2.67 bits per heavy atom. The summed E-state index contributed by atoms with van der Waals surface area (Å²) in [6.07, 6.45) is 5.81. The lowest BCUT2D eigenvalue weighted by molar-refractivity contribution is 0.0524. The number of hydrogen-bond donors (Lipinski definition) is 2. The Bertz CT molecular complexity index is 1000. The van der Waals surface area contributed by atoms with E-state index in [9.17, 15) is 28.3 Å². The van der Waals surface area contributed by atoms with Gasteiger partial charge in [-0.2, -0.15) is 0 Å². The molecular formula is C21H22F2N2O5. The Labute approximate surface area is 171 Å². The van der Waals surface area contributed by atoms with Gasteiger partial charge in [0.1, 0.15) is 11.3 Å². The largest absolute Gasteiger partial charge is 0.503 e. The molecule has 1 fully saturated rings. The van der Waals surface area contributed by atoms with E-state index >= 15 is 0 Å². The molecule has 3 rings (SSSR count). The number of pyridine rings is 1. The first-order valence-corrected chi connectivity index (χ1v) is 9.66. The van der Waals surface area contributed by atoms with Crippen molar-refractivity contribution in [2.24, 2.45) is 0 Å². The predicted octanol–water partition coefficient (Wildman–Crippen LogP) is 2.53. The maximum Gasteiger partial charge on any atom is 0.257 e. The SMILES string of the molecule is O=Cc1c(O)c(=O)c(C(=O)NCc2ccc(F)c(F)c2)cn1CCOC1CCCC1. The monoisotopic (exact) mass is 420 g/mol. The molecule has 1 heterocycles. The number of aldehydes is 1. The number of halogens is 2. The van der Waals surface area contributed by atoms with Crippen LogP contribution in [0.25, 0.3) is 0 Å². The minimum atomic E-state index is -1.06. The molecule has 7 nitrogen and oxygen atoms in total. The highest BCUT2D eigenvalue weighted by molar-refractivity contribution is 5.95. The number of nitrogens with zero attached hydrogens (tertiary/aromatic N) is 1. The molecule has 1 saturated carbocycles. The standard InChI is InChI=1S/C21H22F2N2O5/c22-16-6-5-13(9-17(16)23)10-24-21(29)15-11-25(18(12-26)20(28)19(15)27)7-8-30-14-3-1-2-4-14/h5-6,9,11-12,14,28H,1-4,7-8,10H2,(H,24,29). The Morgan fingerprint density at radius 1 is 1.27 bits per heavy atom. The van der Waals surface area contributed by atoms with E-state index in [-0.39, 0.29) is 37.1 Å². The van der Waals surface area contributed by atoms with Gasteiger partial charge >= 0.3 is 0 Å². The van der Waals surface area contributed by atoms with E-state index in [4.69, 9.17) is 4.74 Å². The van der Waals surface area contributed by atoms with Gasteiger partial charge in [0.05, 0.1) is 12.7 Å². The Balaban J connectivity index is 1.74. The molecule has 0 bridgehead atoms. The summed E-state index contributed by atoms with van der Waals surface area (Å²) in [4.78, 5) is 36.1. The third-order valence-corrected chi connectivity index (χ3v) is 5.08. The molecule has 160 valence electrons. The minimum absolute atomic E-state index is 0.150. The quantitative estimate of drug-likeness (QED) is 0.640. The molecule has 2 aromatic rings. The fraction of sp³-hybridized carbons (Fsp3) is 0.381. The Kier molecular flexibility index (Phi) is 6.94. The third-order valence-electron chi connectivity index (χ3n) is 5.08. The van der Waals surface area contributed by atoms with Gasteiger partial charge in [-0.25, -0.2) is 8.78 Å². The van der Waals surface area contributed by atoms with Crippen molar-refractivity contribution in [3.8, 4) is 5.75 Å². The summed E-state index contributed by atoms with van der Waals surface area (Å²) in [5, 5.41) is 12.5. The maximum absolute atomic E-state index is 13.3. The summed E-state index contributed by atoms with van der Waals surface area (Å²) in [6, 6.07) is 3.16. The normalized spacial score (nSPS) is 14.1. The van der Waals surface area contributed by atoms with Gasteiger partial charge in [-0.1, -0.05) is 18.9 Å². The van der Waals surface area contributed by atoms with Crippen molar-refractivity contribution in [1.82, 2.24) is 9.88 Å². The Hall–Kier alpha value is -3.07. The average molecular weight is 420 g/mol. The number of nitrogens with one attached hydrogen (secondary N) is 1. The van der Waals surface area contributed by atoms with Crippen LogP contribution in [0.1, 0.15) is 52.1 Å². The summed E-state index contributed by atoms with van der Waals surface area (Å²) < 4.78 is 33.3. The number of aromatic nitrogens is 1. The van der Waals surface area contributed by atoms with Crippen LogP contribution >= 0.6 is 0 Å². The van der Waals surface area contributed by atoms with Crippen molar-refractivity contribution < 1.29 is 28.2 Å². The average Bonchev–Trinajstić information content (AvgIpc) is 3.25. The van der Waals surface area contributed by atoms with Crippen LogP contribution in [0.2, 0.25) is 0 Å². The summed E-state index contributed by atoms with van der Waals surface area (Å²) in [6.45, 7) is 0.266. The molecule has 9 heteroatoms. The molecule has 0 radical (unpaired) electrons. The molecule has 1 aliphatic carbocycles. The molecule has 1 aromatic heterocycles. The van der Waals surface area contributed by atoms with E-state index in [1.165, 1.54) is 16.8 Å². The summed E-state index contributed by atoms with van der Waals surface area (Å²) in [5.74, 6) is -3.71. The van der Waals surface area contributed by atoms with Crippen LogP contribution in [0.4, 0.5) is 8.78 Å². The molecule has 2 N–H and O–H groups in total. The zero-order valence-electron chi connectivity index (χ0n) is 16.2. The van der Waals surface area contributed by atoms with Crippen LogP contribution in [0.3, 0.4) is 0 Å². The molecule has 0 unspecified atom stereocenters. The molecule has 0 saturated heterocycles. The van der Waals surface area contributed by atoms with Crippen LogP contribution in [0.15, 0.2) is 29.2 Å². The molecular weight excluding hydrogens is 398 g/mol. The van der Waals surface area contributed by atoms with E-state index in [0.29, 0.717) is 11.8 Å². The van der Waals surface area contributed by atoms with Gasteiger partial charge in [0.2, 0.25) is 5.43 Å². The zero-order valence-corrected chi connectivity index (χ0v) is 16.2. The topological polar surface area (TPSA) is 97.6 Å². The van der Waals surface area contributed by atoms with Crippen molar-refractivity contribution in [1.29, 1.82) is 0 Å². The van der Waals surface area contributed by atoms with Crippen molar-refractivity contribution in [3.05, 3.63) is 63.1 Å². The second-order valence-electron chi connectivity index (χ2n) is 7.13. The summed E-state index contributed by atoms with van der Waals surface area (Å²) in [7, 11) is 0. The number of carbonyl (C=O) groups excluding carboxylic acids is 2. The van der Waals surface area contributed by atoms with Gasteiger partial charge in [-0.3, -0.25) is 14.4 Å². The van der Waals surface area contributed by atoms with Gasteiger partial charge in [0.15, 0.2) is 23.7 Å². The first kappa shape index (κ1) is 21.6. The van der Waals surface area contributed by atoms with Crippen LogP contribution in [-0.4, -0.2) is 34.6 Å². The van der Waals surface area contributed by atoms with Crippen molar-refractivity contribution in [3.63, 3.8) is 0 Å². The fourth-order valence-corrected chi connectivity index (χ4v) is 3.43. The highest BCUT2D eigenvalue weighted by atomic mass is 19.2. The highest BCUT2D eigenvalue weighted by Crippen LogP contribution is 2.21. The van der Waals surface area contributed by atoms with Gasteiger partial charge < -0.3 is 19.7 Å². The smallest absolute Gasteiger partial charge is 0.257 e. The van der Waals surface area contributed by atoms with Gasteiger partial charge in [0, 0.05) is 19.3 Å². The molecule has 0 spiro atoms. The number of rotatable bonds is 8. The van der Waals surface area contributed by atoms with Crippen LogP contribution < -0.4 is 10.7 Å². The van der Waals surface area contributed by atoms with Crippen LogP contribution in [0.5, 0.6) is 5.75 Å². The number of ether oxygens (including phenoxy) is 1. The summed E-state index contributed by atoms with van der Waals surface area (Å²) >= 11 is 0. The second kappa shape index (κ2) is 9.62. The fourth-order valence-electron chi connectivity index (χ4n) is 3.43. The van der Waals surface area contributed by atoms with Crippen molar-refractivity contribution >= 4 is 12.2 Å². The zero-order chi connectivity index (χ0) is 21.7. The molecule has 1 aromatic carbocycles. The van der Waals surface area contributed by atoms with Crippen molar-refractivity contribution in [2.75, 3.05) is 6.61 Å². The molecule has 30 heavy (non-hydrogen) atoms. The summed E-state index contributed by atoms with van der Waals surface area (Å²) in [5.41, 5.74) is -1.32. The second-order valence-corrected chi connectivity index (χ2v) is 7.13. The predicted molar refractivity (Wildman–Crippen MR) is 103 cm³/mol. The number of hydrogen-bond acceptors (Lipinski definition) is 5. The third kappa shape index (κ3) is 4.91. The van der Waals surface area contributed by atoms with Crippen LogP contribution in [-0.2, 0) is 17.8 Å². The Morgan fingerprint density at radius 2 is 2.00 bits per heavy atom. The molecule has 1 amide bonds. The maximum atomic E-state index is 13.3. The highest BCUT2D eigenvalue weighted by Gasteiger charge is 2.20. The molecule has 0 aliphatic heterocycles. The van der Waals surface area contributed by atoms with E-state index in [1.54, 1.807) is 0 Å².